The van der Waals surface area contributed by atoms with Crippen molar-refractivity contribution in [1.82, 2.24) is 15.1 Å². The Kier molecular flexibility index (Phi) is 7.10. The van der Waals surface area contributed by atoms with Crippen molar-refractivity contribution >= 4 is 23.8 Å². The number of nitrogens with zero attached hydrogens (tertiary/aromatic N) is 2. The fourth-order valence-corrected chi connectivity index (χ4v) is 3.59. The lowest BCUT2D eigenvalue weighted by Crippen LogP contribution is -2.52. The molecule has 2 fully saturated rings. The SMILES string of the molecule is C[C@@H](O)[C@H](NC(=O)[C@H]1CCN(C(=O)[C@@H]2CCN(C(=O)OC(C)(C)C)C2)C1)C(N)=O. The van der Waals surface area contributed by atoms with Gasteiger partial charge in [-0.1, -0.05) is 0 Å². The van der Waals surface area contributed by atoms with Gasteiger partial charge in [0.25, 0.3) is 0 Å². The maximum atomic E-state index is 12.8. The molecule has 2 aliphatic rings. The zero-order valence-electron chi connectivity index (χ0n) is 17.5. The second-order valence-electron chi connectivity index (χ2n) is 8.81. The Morgan fingerprint density at radius 3 is 2.17 bits per heavy atom. The van der Waals surface area contributed by atoms with E-state index in [1.54, 1.807) is 25.7 Å². The predicted octanol–water partition coefficient (Wildman–Crippen LogP) is -0.557. The van der Waals surface area contributed by atoms with E-state index in [2.05, 4.69) is 5.32 Å². The highest BCUT2D eigenvalue weighted by atomic mass is 16.6. The molecule has 0 aromatic rings. The first-order valence-electron chi connectivity index (χ1n) is 9.93. The van der Waals surface area contributed by atoms with E-state index in [4.69, 9.17) is 10.5 Å². The molecule has 4 amide bonds. The van der Waals surface area contributed by atoms with E-state index in [0.717, 1.165) is 0 Å². The summed E-state index contributed by atoms with van der Waals surface area (Å²) >= 11 is 0. The highest BCUT2D eigenvalue weighted by Gasteiger charge is 2.39. The molecule has 0 radical (unpaired) electrons. The first kappa shape index (κ1) is 22.9. The fourth-order valence-electron chi connectivity index (χ4n) is 3.59. The zero-order chi connectivity index (χ0) is 21.9. The largest absolute Gasteiger partial charge is 0.444 e. The number of aliphatic hydroxyl groups is 1. The van der Waals surface area contributed by atoms with Crippen LogP contribution in [0.25, 0.3) is 0 Å². The Hall–Kier alpha value is -2.36. The van der Waals surface area contributed by atoms with Gasteiger partial charge >= 0.3 is 6.09 Å². The number of hydrogen-bond donors (Lipinski definition) is 3. The smallest absolute Gasteiger partial charge is 0.410 e. The monoisotopic (exact) mass is 412 g/mol. The minimum absolute atomic E-state index is 0.0895. The summed E-state index contributed by atoms with van der Waals surface area (Å²) in [7, 11) is 0. The molecule has 0 aromatic carbocycles. The molecule has 4 atom stereocenters. The maximum Gasteiger partial charge on any atom is 0.410 e. The van der Waals surface area contributed by atoms with Crippen molar-refractivity contribution in [2.45, 2.75) is 58.3 Å². The van der Waals surface area contributed by atoms with Crippen LogP contribution >= 0.6 is 0 Å². The summed E-state index contributed by atoms with van der Waals surface area (Å²) in [5, 5.41) is 12.0. The van der Waals surface area contributed by atoms with Gasteiger partial charge in [0.05, 0.1) is 17.9 Å². The molecule has 2 heterocycles. The van der Waals surface area contributed by atoms with E-state index in [9.17, 15) is 24.3 Å². The predicted molar refractivity (Wildman–Crippen MR) is 103 cm³/mol. The molecule has 2 saturated heterocycles. The van der Waals surface area contributed by atoms with Crippen molar-refractivity contribution in [1.29, 1.82) is 0 Å². The normalized spacial score (nSPS) is 24.2. The van der Waals surface area contributed by atoms with Gasteiger partial charge in [0.1, 0.15) is 11.6 Å². The average molecular weight is 412 g/mol. The summed E-state index contributed by atoms with van der Waals surface area (Å²) in [5.74, 6) is -2.10. The van der Waals surface area contributed by atoms with Crippen LogP contribution in [0.3, 0.4) is 0 Å². The Morgan fingerprint density at radius 2 is 1.62 bits per heavy atom. The molecule has 2 rings (SSSR count). The lowest BCUT2D eigenvalue weighted by molar-refractivity contribution is -0.135. The molecule has 164 valence electrons. The highest BCUT2D eigenvalue weighted by molar-refractivity contribution is 5.89. The third kappa shape index (κ3) is 6.06. The molecule has 0 aliphatic carbocycles. The number of nitrogens with one attached hydrogen (secondary N) is 1. The minimum atomic E-state index is -1.16. The number of amides is 4. The summed E-state index contributed by atoms with van der Waals surface area (Å²) in [4.78, 5) is 51.9. The first-order chi connectivity index (χ1) is 13.4. The quantitative estimate of drug-likeness (QED) is 0.553. The fraction of sp³-hybridized carbons (Fsp3) is 0.789. The first-order valence-corrected chi connectivity index (χ1v) is 9.93. The molecular formula is C19H32N4O6. The summed E-state index contributed by atoms with van der Waals surface area (Å²) < 4.78 is 5.35. The van der Waals surface area contributed by atoms with E-state index in [-0.39, 0.29) is 18.4 Å². The van der Waals surface area contributed by atoms with Crippen LogP contribution in [0.2, 0.25) is 0 Å². The maximum absolute atomic E-state index is 12.8. The third-order valence-electron chi connectivity index (χ3n) is 5.15. The number of primary amides is 1. The van der Waals surface area contributed by atoms with Crippen molar-refractivity contribution in [3.8, 4) is 0 Å². The number of carbonyl (C=O) groups excluding carboxylic acids is 4. The summed E-state index contributed by atoms with van der Waals surface area (Å²) in [6.07, 6.45) is -0.516. The minimum Gasteiger partial charge on any atom is -0.444 e. The van der Waals surface area contributed by atoms with Gasteiger partial charge in [-0.2, -0.15) is 0 Å². The third-order valence-corrected chi connectivity index (χ3v) is 5.15. The van der Waals surface area contributed by atoms with Crippen LogP contribution in [0.1, 0.15) is 40.5 Å². The van der Waals surface area contributed by atoms with Gasteiger partial charge in [0, 0.05) is 26.2 Å². The lowest BCUT2D eigenvalue weighted by Gasteiger charge is -2.25. The zero-order valence-corrected chi connectivity index (χ0v) is 17.5. The Labute approximate surface area is 170 Å². The number of ether oxygens (including phenoxy) is 1. The van der Waals surface area contributed by atoms with Crippen molar-refractivity contribution in [2.75, 3.05) is 26.2 Å². The van der Waals surface area contributed by atoms with Gasteiger partial charge < -0.3 is 30.7 Å². The van der Waals surface area contributed by atoms with Gasteiger partial charge in [0.2, 0.25) is 17.7 Å². The average Bonchev–Trinajstić information content (AvgIpc) is 3.26. The van der Waals surface area contributed by atoms with Gasteiger partial charge in [-0.3, -0.25) is 14.4 Å². The van der Waals surface area contributed by atoms with E-state index in [1.807, 2.05) is 0 Å². The topological polar surface area (TPSA) is 142 Å². The van der Waals surface area contributed by atoms with Gasteiger partial charge in [-0.05, 0) is 40.5 Å². The van der Waals surface area contributed by atoms with Crippen molar-refractivity contribution < 1.29 is 29.0 Å². The van der Waals surface area contributed by atoms with Crippen molar-refractivity contribution in [3.05, 3.63) is 0 Å². The molecule has 10 nitrogen and oxygen atoms in total. The molecule has 0 bridgehead atoms. The lowest BCUT2D eigenvalue weighted by atomic mass is 10.1. The molecular weight excluding hydrogens is 380 g/mol. The molecule has 2 aliphatic heterocycles. The number of likely N-dealkylation sites (tertiary alicyclic amines) is 2. The van der Waals surface area contributed by atoms with Crippen LogP contribution in [0.4, 0.5) is 4.79 Å². The molecule has 29 heavy (non-hydrogen) atoms. The van der Waals surface area contributed by atoms with E-state index >= 15 is 0 Å². The van der Waals surface area contributed by atoms with E-state index < -0.39 is 41.6 Å². The summed E-state index contributed by atoms with van der Waals surface area (Å²) in [6, 6.07) is -1.16. The van der Waals surface area contributed by atoms with E-state index in [0.29, 0.717) is 32.5 Å². The van der Waals surface area contributed by atoms with Crippen molar-refractivity contribution in [2.24, 2.45) is 17.6 Å². The molecule has 10 heteroatoms. The number of nitrogens with two attached hydrogens (primary N) is 1. The number of aliphatic hydroxyl groups excluding tert-OH is 1. The number of rotatable bonds is 5. The highest BCUT2D eigenvalue weighted by Crippen LogP contribution is 2.25. The Bertz CT molecular complexity index is 660. The van der Waals surface area contributed by atoms with Gasteiger partial charge in [-0.25, -0.2) is 4.79 Å². The van der Waals surface area contributed by atoms with Gasteiger partial charge in [0.15, 0.2) is 0 Å². The van der Waals surface area contributed by atoms with E-state index in [1.165, 1.54) is 11.8 Å². The second-order valence-corrected chi connectivity index (χ2v) is 8.81. The van der Waals surface area contributed by atoms with Crippen LogP contribution in [0.15, 0.2) is 0 Å². The second kappa shape index (κ2) is 8.98. The summed E-state index contributed by atoms with van der Waals surface area (Å²) in [6.45, 7) is 8.16. The van der Waals surface area contributed by atoms with Gasteiger partial charge in [-0.15, -0.1) is 0 Å². The number of hydrogen-bond acceptors (Lipinski definition) is 6. The Morgan fingerprint density at radius 1 is 1.07 bits per heavy atom. The van der Waals surface area contributed by atoms with Crippen molar-refractivity contribution in [3.63, 3.8) is 0 Å². The van der Waals surface area contributed by atoms with Crippen LogP contribution < -0.4 is 11.1 Å². The molecule has 0 saturated carbocycles. The van der Waals surface area contributed by atoms with Crippen LogP contribution in [-0.2, 0) is 19.1 Å². The van der Waals surface area contributed by atoms with Crippen LogP contribution in [0.5, 0.6) is 0 Å². The molecule has 0 unspecified atom stereocenters. The molecule has 0 spiro atoms. The summed E-state index contributed by atoms with van der Waals surface area (Å²) in [5.41, 5.74) is 4.60. The molecule has 0 aromatic heterocycles. The van der Waals surface area contributed by atoms with Crippen LogP contribution in [-0.4, -0.2) is 82.6 Å². The molecule has 4 N–H and O–H groups in total. The Balaban J connectivity index is 1.87. The standard InChI is InChI=1S/C19H32N4O6/c1-11(24)14(15(20)25)21-16(26)12-5-7-22(9-12)17(27)13-6-8-23(10-13)18(28)29-19(2,3)4/h11-14,24H,5-10H2,1-4H3,(H2,20,25)(H,21,26)/t11-,12+,13-,14+/m1/s1. The van der Waals surface area contributed by atoms with Crippen LogP contribution in [0, 0.1) is 11.8 Å². The number of carbonyl (C=O) groups is 4.